The Morgan fingerprint density at radius 1 is 1.30 bits per heavy atom. The van der Waals surface area contributed by atoms with Crippen molar-refractivity contribution in [2.45, 2.75) is 44.9 Å². The van der Waals surface area contributed by atoms with Crippen LogP contribution in [0.1, 0.15) is 40.0 Å². The number of rotatable bonds is 9. The predicted octanol–water partition coefficient (Wildman–Crippen LogP) is 2.62. The SMILES string of the molecule is CCCNc1ncccc1S(=O)(=O)NCCCC(C)C. The smallest absolute Gasteiger partial charge is 0.244 e. The molecule has 20 heavy (non-hydrogen) atoms. The van der Waals surface area contributed by atoms with Crippen molar-refractivity contribution in [2.24, 2.45) is 5.92 Å². The van der Waals surface area contributed by atoms with Gasteiger partial charge in [-0.25, -0.2) is 18.1 Å². The second kappa shape index (κ2) is 8.21. The van der Waals surface area contributed by atoms with E-state index in [-0.39, 0.29) is 4.90 Å². The zero-order chi connectivity index (χ0) is 15.0. The number of aromatic nitrogens is 1. The molecule has 0 aromatic carbocycles. The molecule has 0 atom stereocenters. The van der Waals surface area contributed by atoms with Crippen LogP contribution < -0.4 is 10.0 Å². The molecular formula is C14H25N3O2S. The van der Waals surface area contributed by atoms with Gasteiger partial charge in [-0.15, -0.1) is 0 Å². The maximum absolute atomic E-state index is 12.3. The van der Waals surface area contributed by atoms with Crippen molar-refractivity contribution in [3.8, 4) is 0 Å². The molecule has 0 unspecified atom stereocenters. The van der Waals surface area contributed by atoms with E-state index in [0.29, 0.717) is 24.8 Å². The molecule has 6 heteroatoms. The Morgan fingerprint density at radius 2 is 2.05 bits per heavy atom. The average molecular weight is 299 g/mol. The van der Waals surface area contributed by atoms with Crippen LogP contribution in [0.2, 0.25) is 0 Å². The summed E-state index contributed by atoms with van der Waals surface area (Å²) in [6, 6.07) is 3.22. The van der Waals surface area contributed by atoms with Crippen LogP contribution in [0.15, 0.2) is 23.2 Å². The van der Waals surface area contributed by atoms with Crippen LogP contribution in [0.4, 0.5) is 5.82 Å². The topological polar surface area (TPSA) is 71.1 Å². The monoisotopic (exact) mass is 299 g/mol. The molecule has 5 nitrogen and oxygen atoms in total. The van der Waals surface area contributed by atoms with E-state index in [9.17, 15) is 8.42 Å². The number of hydrogen-bond donors (Lipinski definition) is 2. The van der Waals surface area contributed by atoms with Crippen LogP contribution >= 0.6 is 0 Å². The fourth-order valence-electron chi connectivity index (χ4n) is 1.78. The van der Waals surface area contributed by atoms with Crippen LogP contribution in [-0.2, 0) is 10.0 Å². The van der Waals surface area contributed by atoms with E-state index in [1.807, 2.05) is 6.92 Å². The Kier molecular flexibility index (Phi) is 6.95. The Labute approximate surface area is 122 Å². The molecule has 0 bridgehead atoms. The van der Waals surface area contributed by atoms with Gasteiger partial charge in [0.15, 0.2) is 0 Å². The second-order valence-corrected chi connectivity index (χ2v) is 6.95. The molecule has 0 aliphatic heterocycles. The fraction of sp³-hybridized carbons (Fsp3) is 0.643. The highest BCUT2D eigenvalue weighted by molar-refractivity contribution is 7.89. The minimum Gasteiger partial charge on any atom is -0.369 e. The predicted molar refractivity (Wildman–Crippen MR) is 82.3 cm³/mol. The largest absolute Gasteiger partial charge is 0.369 e. The standard InChI is InChI=1S/C14H25N3O2S/c1-4-9-15-14-13(8-6-10-16-14)20(18,19)17-11-5-7-12(2)3/h6,8,10,12,17H,4-5,7,9,11H2,1-3H3,(H,15,16). The number of hydrogen-bond acceptors (Lipinski definition) is 4. The second-order valence-electron chi connectivity index (χ2n) is 5.21. The Bertz CT molecular complexity index is 501. The van der Waals surface area contributed by atoms with Gasteiger partial charge in [-0.2, -0.15) is 0 Å². The summed E-state index contributed by atoms with van der Waals surface area (Å²) in [5, 5.41) is 3.05. The lowest BCUT2D eigenvalue weighted by Gasteiger charge is -2.12. The van der Waals surface area contributed by atoms with E-state index in [1.54, 1.807) is 18.3 Å². The molecule has 1 heterocycles. The van der Waals surface area contributed by atoms with Gasteiger partial charge in [-0.3, -0.25) is 0 Å². The molecule has 0 saturated heterocycles. The van der Waals surface area contributed by atoms with Crippen molar-refractivity contribution < 1.29 is 8.42 Å². The number of sulfonamides is 1. The highest BCUT2D eigenvalue weighted by Crippen LogP contribution is 2.17. The maximum atomic E-state index is 12.3. The van der Waals surface area contributed by atoms with Crippen LogP contribution in [0, 0.1) is 5.92 Å². The van der Waals surface area contributed by atoms with E-state index in [2.05, 4.69) is 28.9 Å². The molecule has 0 radical (unpaired) electrons. The van der Waals surface area contributed by atoms with Crippen molar-refractivity contribution in [1.82, 2.24) is 9.71 Å². The van der Waals surface area contributed by atoms with Crippen LogP contribution in [0.5, 0.6) is 0 Å². The number of pyridine rings is 1. The lowest BCUT2D eigenvalue weighted by Crippen LogP contribution is -2.26. The first-order valence-corrected chi connectivity index (χ1v) is 8.64. The first-order chi connectivity index (χ1) is 9.47. The van der Waals surface area contributed by atoms with Crippen molar-refractivity contribution in [3.05, 3.63) is 18.3 Å². The van der Waals surface area contributed by atoms with Crippen LogP contribution in [-0.4, -0.2) is 26.5 Å². The maximum Gasteiger partial charge on any atom is 0.244 e. The van der Waals surface area contributed by atoms with Gasteiger partial charge in [-0.1, -0.05) is 20.8 Å². The lowest BCUT2D eigenvalue weighted by atomic mass is 10.1. The van der Waals surface area contributed by atoms with Gasteiger partial charge >= 0.3 is 0 Å². The summed E-state index contributed by atoms with van der Waals surface area (Å²) in [4.78, 5) is 4.33. The summed E-state index contributed by atoms with van der Waals surface area (Å²) in [7, 11) is -3.49. The third-order valence-corrected chi connectivity index (χ3v) is 4.35. The van der Waals surface area contributed by atoms with E-state index < -0.39 is 10.0 Å². The molecule has 1 rings (SSSR count). The Morgan fingerprint density at radius 3 is 2.70 bits per heavy atom. The highest BCUT2D eigenvalue weighted by Gasteiger charge is 2.18. The molecule has 0 fully saturated rings. The van der Waals surface area contributed by atoms with E-state index in [1.165, 1.54) is 0 Å². The molecule has 0 saturated carbocycles. The van der Waals surface area contributed by atoms with Crippen molar-refractivity contribution >= 4 is 15.8 Å². The summed E-state index contributed by atoms with van der Waals surface area (Å²) >= 11 is 0. The van der Waals surface area contributed by atoms with Crippen LogP contribution in [0.3, 0.4) is 0 Å². The third kappa shape index (κ3) is 5.46. The van der Waals surface area contributed by atoms with Gasteiger partial charge in [0.05, 0.1) is 0 Å². The number of anilines is 1. The van der Waals surface area contributed by atoms with Crippen molar-refractivity contribution in [1.29, 1.82) is 0 Å². The molecule has 0 spiro atoms. The molecule has 1 aromatic heterocycles. The zero-order valence-corrected chi connectivity index (χ0v) is 13.3. The van der Waals surface area contributed by atoms with Crippen molar-refractivity contribution in [2.75, 3.05) is 18.4 Å². The van der Waals surface area contributed by atoms with Gasteiger partial charge in [0, 0.05) is 19.3 Å². The summed E-state index contributed by atoms with van der Waals surface area (Å²) in [6.07, 6.45) is 4.36. The van der Waals surface area contributed by atoms with E-state index in [0.717, 1.165) is 19.3 Å². The molecule has 1 aromatic rings. The third-order valence-electron chi connectivity index (χ3n) is 2.85. The molecule has 0 aliphatic carbocycles. The van der Waals surface area contributed by atoms with Gasteiger partial charge in [0.25, 0.3) is 0 Å². The summed E-state index contributed by atoms with van der Waals surface area (Å²) < 4.78 is 27.2. The Balaban J connectivity index is 2.71. The number of nitrogens with zero attached hydrogens (tertiary/aromatic N) is 1. The summed E-state index contributed by atoms with van der Waals surface area (Å²) in [5.74, 6) is 1.00. The first-order valence-electron chi connectivity index (χ1n) is 7.16. The summed E-state index contributed by atoms with van der Waals surface area (Å²) in [5.41, 5.74) is 0. The van der Waals surface area contributed by atoms with Gasteiger partial charge in [0.2, 0.25) is 10.0 Å². The lowest BCUT2D eigenvalue weighted by molar-refractivity contribution is 0.540. The quantitative estimate of drug-likeness (QED) is 0.688. The molecule has 2 N–H and O–H groups in total. The zero-order valence-electron chi connectivity index (χ0n) is 12.5. The minimum absolute atomic E-state index is 0.220. The first kappa shape index (κ1) is 16.9. The van der Waals surface area contributed by atoms with Gasteiger partial charge in [0.1, 0.15) is 10.7 Å². The van der Waals surface area contributed by atoms with Gasteiger partial charge < -0.3 is 5.32 Å². The minimum atomic E-state index is -3.49. The average Bonchev–Trinajstić information content (AvgIpc) is 2.41. The molecule has 0 aliphatic rings. The van der Waals surface area contributed by atoms with Gasteiger partial charge in [-0.05, 0) is 37.3 Å². The fourth-order valence-corrected chi connectivity index (χ4v) is 2.98. The van der Waals surface area contributed by atoms with Crippen molar-refractivity contribution in [3.63, 3.8) is 0 Å². The van der Waals surface area contributed by atoms with Crippen LogP contribution in [0.25, 0.3) is 0 Å². The summed E-state index contributed by atoms with van der Waals surface area (Å²) in [6.45, 7) is 7.44. The molecular weight excluding hydrogens is 274 g/mol. The van der Waals surface area contributed by atoms with E-state index >= 15 is 0 Å². The normalized spacial score (nSPS) is 11.8. The molecule has 0 amide bonds. The number of nitrogens with one attached hydrogen (secondary N) is 2. The Hall–Kier alpha value is -1.14. The molecule has 114 valence electrons. The highest BCUT2D eigenvalue weighted by atomic mass is 32.2. The van der Waals surface area contributed by atoms with E-state index in [4.69, 9.17) is 0 Å².